The Bertz CT molecular complexity index is 703. The lowest BCUT2D eigenvalue weighted by atomic mass is 10.2. The number of aromatic nitrogens is 2. The second kappa shape index (κ2) is 11.2. The van der Waals surface area contributed by atoms with E-state index in [-0.39, 0.29) is 5.56 Å². The maximum Gasteiger partial charge on any atom is 0.335 e. The fourth-order valence-corrected chi connectivity index (χ4v) is 3.05. The number of carbonyl (C=O) groups is 1. The van der Waals surface area contributed by atoms with E-state index in [4.69, 9.17) is 4.74 Å². The van der Waals surface area contributed by atoms with Crippen LogP contribution in [0.2, 0.25) is 0 Å². The molecule has 26 heavy (non-hydrogen) atoms. The summed E-state index contributed by atoms with van der Waals surface area (Å²) in [7, 11) is 0. The van der Waals surface area contributed by atoms with Crippen molar-refractivity contribution in [2.75, 3.05) is 25.5 Å². The van der Waals surface area contributed by atoms with Crippen LogP contribution in [-0.2, 0) is 17.8 Å². The highest BCUT2D eigenvalue weighted by Gasteiger charge is 2.13. The SMILES string of the molecule is CCCOCCn1c(CNCCCCCS)nc2ccc(C(=O)O)cc21. The summed E-state index contributed by atoms with van der Waals surface area (Å²) < 4.78 is 7.68. The molecule has 0 spiro atoms. The minimum Gasteiger partial charge on any atom is -0.478 e. The molecule has 1 aromatic carbocycles. The third kappa shape index (κ3) is 6.00. The number of nitrogens with one attached hydrogen (secondary N) is 1. The lowest BCUT2D eigenvalue weighted by molar-refractivity contribution is 0.0697. The van der Waals surface area contributed by atoms with Crippen molar-refractivity contribution in [3.8, 4) is 0 Å². The van der Waals surface area contributed by atoms with Crippen LogP contribution in [0.5, 0.6) is 0 Å². The van der Waals surface area contributed by atoms with Gasteiger partial charge in [0.25, 0.3) is 0 Å². The van der Waals surface area contributed by atoms with Gasteiger partial charge in [0.1, 0.15) is 5.82 Å². The Labute approximate surface area is 160 Å². The predicted octanol–water partition coefficient (Wildman–Crippen LogP) is 3.35. The average molecular weight is 380 g/mol. The molecule has 0 aliphatic heterocycles. The van der Waals surface area contributed by atoms with Crippen molar-refractivity contribution in [3.05, 3.63) is 29.6 Å². The number of fused-ring (bicyclic) bond motifs is 1. The third-order valence-corrected chi connectivity index (χ3v) is 4.49. The van der Waals surface area contributed by atoms with Gasteiger partial charge in [0.15, 0.2) is 0 Å². The van der Waals surface area contributed by atoms with Gasteiger partial charge in [0, 0.05) is 13.2 Å². The molecule has 0 unspecified atom stereocenters. The van der Waals surface area contributed by atoms with Crippen LogP contribution in [0.3, 0.4) is 0 Å². The van der Waals surface area contributed by atoms with Crippen molar-refractivity contribution >= 4 is 29.6 Å². The molecule has 2 N–H and O–H groups in total. The van der Waals surface area contributed by atoms with Crippen LogP contribution < -0.4 is 5.32 Å². The predicted molar refractivity (Wildman–Crippen MR) is 107 cm³/mol. The van der Waals surface area contributed by atoms with E-state index < -0.39 is 5.97 Å². The molecule has 0 bridgehead atoms. The smallest absolute Gasteiger partial charge is 0.335 e. The number of hydrogen-bond acceptors (Lipinski definition) is 5. The van der Waals surface area contributed by atoms with Crippen LogP contribution in [0.4, 0.5) is 0 Å². The first-order valence-electron chi connectivity index (χ1n) is 9.29. The molecule has 7 heteroatoms. The van der Waals surface area contributed by atoms with E-state index in [0.29, 0.717) is 19.7 Å². The third-order valence-electron chi connectivity index (χ3n) is 4.18. The molecule has 0 amide bonds. The van der Waals surface area contributed by atoms with Crippen LogP contribution in [0.25, 0.3) is 11.0 Å². The first kappa shape index (κ1) is 20.7. The van der Waals surface area contributed by atoms with Crippen LogP contribution >= 0.6 is 12.6 Å². The van der Waals surface area contributed by atoms with Crippen LogP contribution in [0, 0.1) is 0 Å². The molecule has 1 heterocycles. The fourth-order valence-electron chi connectivity index (χ4n) is 2.83. The van der Waals surface area contributed by atoms with Gasteiger partial charge in [-0.3, -0.25) is 0 Å². The molecule has 1 aromatic heterocycles. The van der Waals surface area contributed by atoms with E-state index in [1.807, 2.05) is 0 Å². The Morgan fingerprint density at radius 3 is 2.88 bits per heavy atom. The lowest BCUT2D eigenvalue weighted by Crippen LogP contribution is -2.19. The second-order valence-electron chi connectivity index (χ2n) is 6.26. The molecule has 0 saturated carbocycles. The zero-order valence-corrected chi connectivity index (χ0v) is 16.3. The minimum atomic E-state index is -0.925. The zero-order chi connectivity index (χ0) is 18.8. The number of unbranched alkanes of at least 4 members (excludes halogenated alkanes) is 2. The van der Waals surface area contributed by atoms with Crippen LogP contribution in [0.1, 0.15) is 48.8 Å². The summed E-state index contributed by atoms with van der Waals surface area (Å²) in [6.07, 6.45) is 4.40. The molecule has 0 atom stereocenters. The molecule has 144 valence electrons. The Hall–Kier alpha value is -1.57. The summed E-state index contributed by atoms with van der Waals surface area (Å²) >= 11 is 4.23. The van der Waals surface area contributed by atoms with Crippen molar-refractivity contribution in [2.24, 2.45) is 0 Å². The average Bonchev–Trinajstić information content (AvgIpc) is 2.98. The van der Waals surface area contributed by atoms with Gasteiger partial charge in [-0.15, -0.1) is 0 Å². The topological polar surface area (TPSA) is 76.4 Å². The van der Waals surface area contributed by atoms with Crippen molar-refractivity contribution in [1.29, 1.82) is 0 Å². The molecule has 0 aliphatic carbocycles. The molecule has 0 saturated heterocycles. The van der Waals surface area contributed by atoms with Crippen molar-refractivity contribution < 1.29 is 14.6 Å². The number of imidazole rings is 1. The zero-order valence-electron chi connectivity index (χ0n) is 15.4. The van der Waals surface area contributed by atoms with Crippen molar-refractivity contribution in [1.82, 2.24) is 14.9 Å². The number of nitrogens with zero attached hydrogens (tertiary/aromatic N) is 2. The Kier molecular flexibility index (Phi) is 8.94. The fraction of sp³-hybridized carbons (Fsp3) is 0.579. The van der Waals surface area contributed by atoms with Gasteiger partial charge in [-0.25, -0.2) is 9.78 Å². The number of ether oxygens (including phenoxy) is 1. The molecule has 6 nitrogen and oxygen atoms in total. The summed E-state index contributed by atoms with van der Waals surface area (Å²) in [4.78, 5) is 16.0. The molecule has 0 fully saturated rings. The molecule has 2 aromatic rings. The summed E-state index contributed by atoms with van der Waals surface area (Å²) in [5.74, 6) is 0.919. The maximum absolute atomic E-state index is 11.3. The summed E-state index contributed by atoms with van der Waals surface area (Å²) in [6, 6.07) is 5.07. The standard InChI is InChI=1S/C19H29N3O3S/c1-2-10-25-11-9-22-17-13-15(19(23)24)6-7-16(17)21-18(22)14-20-8-4-3-5-12-26/h6-7,13,20,26H,2-5,8-12,14H2,1H3,(H,23,24). The number of rotatable bonds is 13. The van der Waals surface area contributed by atoms with Crippen LogP contribution in [0.15, 0.2) is 18.2 Å². The highest BCUT2D eigenvalue weighted by atomic mass is 32.1. The van der Waals surface area contributed by atoms with Gasteiger partial charge in [0.2, 0.25) is 0 Å². The van der Waals surface area contributed by atoms with E-state index in [0.717, 1.165) is 55.0 Å². The maximum atomic E-state index is 11.3. The monoisotopic (exact) mass is 379 g/mol. The Balaban J connectivity index is 2.10. The van der Waals surface area contributed by atoms with E-state index in [2.05, 4.69) is 34.4 Å². The first-order chi connectivity index (χ1) is 12.7. The van der Waals surface area contributed by atoms with Crippen molar-refractivity contribution in [2.45, 2.75) is 45.7 Å². The summed E-state index contributed by atoms with van der Waals surface area (Å²) in [5, 5.41) is 12.7. The highest BCUT2D eigenvalue weighted by molar-refractivity contribution is 7.80. The number of hydrogen-bond donors (Lipinski definition) is 3. The van der Waals surface area contributed by atoms with E-state index in [1.165, 1.54) is 6.42 Å². The van der Waals surface area contributed by atoms with Crippen molar-refractivity contribution in [3.63, 3.8) is 0 Å². The molecular weight excluding hydrogens is 350 g/mol. The summed E-state index contributed by atoms with van der Waals surface area (Å²) in [6.45, 7) is 5.65. The van der Waals surface area contributed by atoms with Crippen LogP contribution in [-0.4, -0.2) is 46.1 Å². The molecular formula is C19H29N3O3S. The summed E-state index contributed by atoms with van der Waals surface area (Å²) in [5.41, 5.74) is 1.94. The van der Waals surface area contributed by atoms with Gasteiger partial charge >= 0.3 is 5.97 Å². The van der Waals surface area contributed by atoms with Gasteiger partial charge in [-0.05, 0) is 49.8 Å². The Morgan fingerprint density at radius 2 is 2.15 bits per heavy atom. The molecule has 0 aliphatic rings. The number of carboxylic acids is 1. The van der Waals surface area contributed by atoms with Gasteiger partial charge < -0.3 is 19.7 Å². The van der Waals surface area contributed by atoms with E-state index >= 15 is 0 Å². The number of thiol groups is 1. The molecule has 0 radical (unpaired) electrons. The van der Waals surface area contributed by atoms with Gasteiger partial charge in [-0.1, -0.05) is 13.3 Å². The quantitative estimate of drug-likeness (QED) is 0.368. The first-order valence-corrected chi connectivity index (χ1v) is 9.92. The number of carboxylic acid groups (broad SMARTS) is 1. The van der Waals surface area contributed by atoms with Gasteiger partial charge in [-0.2, -0.15) is 12.6 Å². The number of benzene rings is 1. The van der Waals surface area contributed by atoms with E-state index in [1.54, 1.807) is 18.2 Å². The van der Waals surface area contributed by atoms with E-state index in [9.17, 15) is 9.90 Å². The Morgan fingerprint density at radius 1 is 1.31 bits per heavy atom. The lowest BCUT2D eigenvalue weighted by Gasteiger charge is -2.11. The molecule has 2 rings (SSSR count). The normalized spacial score (nSPS) is 11.3. The second-order valence-corrected chi connectivity index (χ2v) is 6.71. The number of aromatic carboxylic acids is 1. The minimum absolute atomic E-state index is 0.277. The van der Waals surface area contributed by atoms with Gasteiger partial charge in [0.05, 0.1) is 29.7 Å². The largest absolute Gasteiger partial charge is 0.478 e. The highest BCUT2D eigenvalue weighted by Crippen LogP contribution is 2.18.